The molecule has 0 fully saturated rings. The zero-order valence-corrected chi connectivity index (χ0v) is 45.6. The van der Waals surface area contributed by atoms with Crippen LogP contribution in [0.5, 0.6) is 11.5 Å². The Balaban J connectivity index is 0.000000703. The first-order valence-corrected chi connectivity index (χ1v) is 27.6. The normalized spacial score (nSPS) is 15.4. The zero-order chi connectivity index (χ0) is 53.6. The van der Waals surface area contributed by atoms with Gasteiger partial charge in [0.1, 0.15) is 24.7 Å². The Morgan fingerprint density at radius 3 is 0.986 bits per heavy atom. The van der Waals surface area contributed by atoms with Crippen LogP contribution in [-0.4, -0.2) is 62.4 Å². The van der Waals surface area contributed by atoms with Crippen molar-refractivity contribution in [3.8, 4) is 11.5 Å². The highest BCUT2D eigenvalue weighted by atomic mass is 32.2. The number of hydrazone groups is 2. The first-order chi connectivity index (χ1) is 33.8. The van der Waals surface area contributed by atoms with Crippen molar-refractivity contribution in [2.24, 2.45) is 32.9 Å². The number of benzene rings is 4. The lowest BCUT2D eigenvalue weighted by Crippen LogP contribution is -2.24. The second kappa shape index (κ2) is 25.6. The number of rotatable bonds is 17. The van der Waals surface area contributed by atoms with E-state index < -0.39 is 31.1 Å². The zero-order valence-electron chi connectivity index (χ0n) is 44.0. The number of carbonyl (C=O) groups excluding carboxylic acids is 2. The van der Waals surface area contributed by atoms with E-state index in [4.69, 9.17) is 9.47 Å². The van der Waals surface area contributed by atoms with E-state index >= 15 is 0 Å². The maximum Gasteiger partial charge on any atom is 0.294 e. The topological polar surface area (TPSA) is 193 Å². The summed E-state index contributed by atoms with van der Waals surface area (Å²) in [6.07, 6.45) is 11.6. The minimum Gasteiger partial charge on any atom is -0.490 e. The Kier molecular flexibility index (Phi) is 20.9. The van der Waals surface area contributed by atoms with Gasteiger partial charge in [-0.2, -0.15) is 37.1 Å². The molecular formula is C56H74N4O10S2. The average molecular weight is 1030 g/mol. The highest BCUT2D eigenvalue weighted by Crippen LogP contribution is 2.35. The molecule has 72 heavy (non-hydrogen) atoms. The molecule has 2 aliphatic heterocycles. The molecule has 0 spiro atoms. The van der Waals surface area contributed by atoms with Gasteiger partial charge >= 0.3 is 0 Å². The summed E-state index contributed by atoms with van der Waals surface area (Å²) < 4.78 is 76.3. The summed E-state index contributed by atoms with van der Waals surface area (Å²) in [5.41, 5.74) is 3.12. The number of hydrogen-bond donors (Lipinski definition) is 2. The van der Waals surface area contributed by atoms with Crippen molar-refractivity contribution in [2.75, 3.05) is 23.2 Å². The number of ether oxygens (including phenoxy) is 2. The van der Waals surface area contributed by atoms with Crippen molar-refractivity contribution in [3.63, 3.8) is 0 Å². The first-order valence-electron chi connectivity index (χ1n) is 24.7. The summed E-state index contributed by atoms with van der Waals surface area (Å²) in [6.45, 7) is 25.7. The summed E-state index contributed by atoms with van der Waals surface area (Å²) in [7, 11) is -8.77. The van der Waals surface area contributed by atoms with Crippen LogP contribution in [0, 0.1) is 22.7 Å². The van der Waals surface area contributed by atoms with Crippen molar-refractivity contribution in [2.45, 2.75) is 131 Å². The third-order valence-corrected chi connectivity index (χ3v) is 14.1. The van der Waals surface area contributed by atoms with Gasteiger partial charge in [0.05, 0.1) is 43.7 Å². The minimum atomic E-state index is -4.39. The van der Waals surface area contributed by atoms with Gasteiger partial charge in [-0.1, -0.05) is 146 Å². The highest BCUT2D eigenvalue weighted by Gasteiger charge is 2.38. The molecule has 0 saturated heterocycles. The van der Waals surface area contributed by atoms with E-state index in [0.717, 1.165) is 23.0 Å². The van der Waals surface area contributed by atoms with Gasteiger partial charge in [-0.15, -0.1) is 0 Å². The van der Waals surface area contributed by atoms with E-state index in [1.165, 1.54) is 97.1 Å². The van der Waals surface area contributed by atoms with Gasteiger partial charge < -0.3 is 9.47 Å². The van der Waals surface area contributed by atoms with E-state index in [2.05, 4.69) is 51.7 Å². The SMILES string of the molecule is CC(C)(C)C1=NN(c2ccc(S(=O)(=O)O)cc2)C(=O)/C1=C/c1ccc(OCCOc2ccc(/C=C3/C(=O)N(c4ccc(S(=O)(=O)O)cc4)N=C3C(C)(C)C)cc2)cc1.CCC(CC)CC.CCC(CC)CC. The van der Waals surface area contributed by atoms with Crippen LogP contribution in [0.3, 0.4) is 0 Å². The molecule has 4 aromatic rings. The Morgan fingerprint density at radius 1 is 0.486 bits per heavy atom. The molecule has 0 saturated carbocycles. The molecule has 0 unspecified atom stereocenters. The summed E-state index contributed by atoms with van der Waals surface area (Å²) >= 11 is 0. The Morgan fingerprint density at radius 2 is 0.764 bits per heavy atom. The van der Waals surface area contributed by atoms with Gasteiger partial charge in [0.2, 0.25) is 0 Å². The van der Waals surface area contributed by atoms with Crippen molar-refractivity contribution < 1.29 is 45.0 Å². The van der Waals surface area contributed by atoms with Crippen LogP contribution in [0.15, 0.2) is 128 Å². The van der Waals surface area contributed by atoms with Gasteiger partial charge in [0, 0.05) is 10.8 Å². The average Bonchev–Trinajstić information content (AvgIpc) is 3.85. The first kappa shape index (κ1) is 58.6. The second-order valence-electron chi connectivity index (χ2n) is 19.7. The van der Waals surface area contributed by atoms with Gasteiger partial charge in [0.25, 0.3) is 32.1 Å². The van der Waals surface area contributed by atoms with Crippen LogP contribution in [0.2, 0.25) is 0 Å². The molecule has 6 rings (SSSR count). The largest absolute Gasteiger partial charge is 0.490 e. The molecule has 2 amide bonds. The lowest BCUT2D eigenvalue weighted by atomic mass is 9.85. The van der Waals surface area contributed by atoms with E-state index in [1.807, 2.05) is 65.8 Å². The number of hydrogen-bond acceptors (Lipinski definition) is 10. The van der Waals surface area contributed by atoms with Gasteiger partial charge in [-0.25, -0.2) is 0 Å². The fraction of sp³-hybridized carbons (Fsp3) is 0.429. The summed E-state index contributed by atoms with van der Waals surface area (Å²) in [6, 6.07) is 24.9. The van der Waals surface area contributed by atoms with E-state index in [9.17, 15) is 35.5 Å². The van der Waals surface area contributed by atoms with Gasteiger partial charge in [0.15, 0.2) is 0 Å². The van der Waals surface area contributed by atoms with Crippen molar-refractivity contribution in [1.82, 2.24) is 0 Å². The lowest BCUT2D eigenvalue weighted by molar-refractivity contribution is -0.115. The molecule has 390 valence electrons. The van der Waals surface area contributed by atoms with Crippen LogP contribution in [0.25, 0.3) is 12.2 Å². The molecule has 0 bridgehead atoms. The highest BCUT2D eigenvalue weighted by molar-refractivity contribution is 7.86. The Hall–Kier alpha value is -5.94. The van der Waals surface area contributed by atoms with Crippen molar-refractivity contribution in [3.05, 3.63) is 119 Å². The molecule has 2 heterocycles. The molecule has 0 aromatic heterocycles. The van der Waals surface area contributed by atoms with E-state index in [1.54, 1.807) is 36.4 Å². The second-order valence-corrected chi connectivity index (χ2v) is 22.5. The number of nitrogens with zero attached hydrogens (tertiary/aromatic N) is 4. The molecular weight excluding hydrogens is 953 g/mol. The van der Waals surface area contributed by atoms with E-state index in [-0.39, 0.29) is 34.8 Å². The summed E-state index contributed by atoms with van der Waals surface area (Å²) in [5, 5.41) is 11.6. The molecule has 2 N–H and O–H groups in total. The molecule has 0 aliphatic carbocycles. The predicted molar refractivity (Wildman–Crippen MR) is 290 cm³/mol. The van der Waals surface area contributed by atoms with Gasteiger partial charge in [-0.05, 0) is 108 Å². The standard InChI is InChI=1S/C42H42N4O10S2.2C7H16/c1-41(2,3)37-35(39(47)45(43-37)29-11-19-33(20-12-29)57(49,50)51)25-27-7-15-31(16-8-27)55-23-24-56-32-17-9-28(10-18-32)26-36-38(42(4,5)6)44-46(40(36)48)30-13-21-34(22-14-30)58(52,53)54;2*1-4-7(5-2)6-3/h7-22,25-26H,23-24H2,1-6H3,(H,49,50,51)(H,52,53,54);2*7H,4-6H2,1-3H3/b35-25+,36-26+;;. The minimum absolute atomic E-state index is 0.248. The smallest absolute Gasteiger partial charge is 0.294 e. The monoisotopic (exact) mass is 1030 g/mol. The van der Waals surface area contributed by atoms with E-state index in [0.29, 0.717) is 45.4 Å². The number of amides is 2. The van der Waals surface area contributed by atoms with Crippen molar-refractivity contribution >= 4 is 67.0 Å². The Labute approximate surface area is 428 Å². The van der Waals surface area contributed by atoms with Crippen LogP contribution in [0.1, 0.15) is 133 Å². The third kappa shape index (κ3) is 16.3. The lowest BCUT2D eigenvalue weighted by Gasteiger charge is -2.18. The summed E-state index contributed by atoms with van der Waals surface area (Å²) in [4.78, 5) is 26.5. The fourth-order valence-electron chi connectivity index (χ4n) is 7.77. The fourth-order valence-corrected chi connectivity index (χ4v) is 8.73. The van der Waals surface area contributed by atoms with Crippen LogP contribution in [-0.2, 0) is 29.8 Å². The quantitative estimate of drug-likeness (QED) is 0.0584. The molecule has 0 radical (unpaired) electrons. The molecule has 14 nitrogen and oxygen atoms in total. The van der Waals surface area contributed by atoms with Crippen LogP contribution < -0.4 is 19.5 Å². The maximum atomic E-state index is 13.6. The molecule has 2 aliphatic rings. The number of anilines is 2. The molecule has 4 aromatic carbocycles. The van der Waals surface area contributed by atoms with Gasteiger partial charge in [-0.3, -0.25) is 18.7 Å². The predicted octanol–water partition coefficient (Wildman–Crippen LogP) is 13.0. The van der Waals surface area contributed by atoms with Crippen LogP contribution in [0.4, 0.5) is 11.4 Å². The van der Waals surface area contributed by atoms with Crippen molar-refractivity contribution in [1.29, 1.82) is 0 Å². The Bertz CT molecular complexity index is 2590. The third-order valence-electron chi connectivity index (χ3n) is 12.4. The maximum absolute atomic E-state index is 13.6. The summed E-state index contributed by atoms with van der Waals surface area (Å²) in [5.74, 6) is 2.41. The molecule has 16 heteroatoms. The van der Waals surface area contributed by atoms with Crippen LogP contribution >= 0.6 is 0 Å². The number of carbonyl (C=O) groups is 2. The molecule has 0 atom stereocenters.